The van der Waals surface area contributed by atoms with Crippen molar-refractivity contribution in [3.8, 4) is 28.7 Å². The highest BCUT2D eigenvalue weighted by Gasteiger charge is 2.13. The van der Waals surface area contributed by atoms with Crippen LogP contribution in [0.15, 0.2) is 54.6 Å². The van der Waals surface area contributed by atoms with Crippen LogP contribution >= 0.6 is 0 Å². The standard InChI is InChI=1S/C20H16N2O3/c1-24-16-6-2-13(3-7-16)19-17-8-4-15(20(22)23)12-14(17)5-9-18(19)25-11-10-21/h2-9,12H,11H2,1H3,(H2,22,23). The summed E-state index contributed by atoms with van der Waals surface area (Å²) in [6.07, 6.45) is 0. The molecule has 124 valence electrons. The summed E-state index contributed by atoms with van der Waals surface area (Å²) in [5.74, 6) is 0.878. The molecule has 0 aliphatic heterocycles. The average molecular weight is 332 g/mol. The molecule has 0 heterocycles. The molecule has 0 aliphatic carbocycles. The van der Waals surface area contributed by atoms with Crippen LogP contribution in [-0.4, -0.2) is 19.6 Å². The number of benzene rings is 3. The number of amides is 1. The van der Waals surface area contributed by atoms with Gasteiger partial charge in [0.15, 0.2) is 6.61 Å². The van der Waals surface area contributed by atoms with Crippen molar-refractivity contribution >= 4 is 16.7 Å². The van der Waals surface area contributed by atoms with Gasteiger partial charge in [0.2, 0.25) is 5.91 Å². The van der Waals surface area contributed by atoms with Crippen molar-refractivity contribution < 1.29 is 14.3 Å². The summed E-state index contributed by atoms with van der Waals surface area (Å²) in [5.41, 5.74) is 7.59. The monoisotopic (exact) mass is 332 g/mol. The van der Waals surface area contributed by atoms with Crippen LogP contribution in [0.2, 0.25) is 0 Å². The molecule has 0 fully saturated rings. The van der Waals surface area contributed by atoms with E-state index < -0.39 is 5.91 Å². The first-order chi connectivity index (χ1) is 12.1. The summed E-state index contributed by atoms with van der Waals surface area (Å²) in [5, 5.41) is 10.6. The highest BCUT2D eigenvalue weighted by Crippen LogP contribution is 2.38. The Morgan fingerprint density at radius 2 is 1.88 bits per heavy atom. The predicted molar refractivity (Wildman–Crippen MR) is 95.6 cm³/mol. The Hall–Kier alpha value is -3.52. The first kappa shape index (κ1) is 16.3. The van der Waals surface area contributed by atoms with Crippen LogP contribution in [0.25, 0.3) is 21.9 Å². The molecule has 5 nitrogen and oxygen atoms in total. The van der Waals surface area contributed by atoms with E-state index >= 15 is 0 Å². The molecule has 0 bridgehead atoms. The van der Waals surface area contributed by atoms with Gasteiger partial charge < -0.3 is 15.2 Å². The van der Waals surface area contributed by atoms with Crippen molar-refractivity contribution in [1.82, 2.24) is 0 Å². The van der Waals surface area contributed by atoms with E-state index in [1.807, 2.05) is 42.5 Å². The first-order valence-corrected chi connectivity index (χ1v) is 7.65. The minimum atomic E-state index is -0.474. The lowest BCUT2D eigenvalue weighted by molar-refractivity contribution is 0.100. The van der Waals surface area contributed by atoms with Crippen molar-refractivity contribution in [3.05, 3.63) is 60.2 Å². The highest BCUT2D eigenvalue weighted by molar-refractivity contribution is 6.04. The summed E-state index contributed by atoms with van der Waals surface area (Å²) >= 11 is 0. The SMILES string of the molecule is COc1ccc(-c2c(OCC#N)ccc3cc(C(N)=O)ccc23)cc1. The van der Waals surface area contributed by atoms with Gasteiger partial charge in [-0.15, -0.1) is 0 Å². The maximum absolute atomic E-state index is 11.4. The molecule has 3 rings (SSSR count). The van der Waals surface area contributed by atoms with Crippen LogP contribution in [0.3, 0.4) is 0 Å². The Morgan fingerprint density at radius 3 is 2.52 bits per heavy atom. The van der Waals surface area contributed by atoms with Gasteiger partial charge in [-0.05, 0) is 46.7 Å². The fraction of sp³-hybridized carbons (Fsp3) is 0.100. The Morgan fingerprint density at radius 1 is 1.12 bits per heavy atom. The fourth-order valence-electron chi connectivity index (χ4n) is 2.75. The number of fused-ring (bicyclic) bond motifs is 1. The van der Waals surface area contributed by atoms with E-state index in [1.165, 1.54) is 0 Å². The molecular weight excluding hydrogens is 316 g/mol. The minimum Gasteiger partial charge on any atom is -0.497 e. The Kier molecular flexibility index (Phi) is 4.53. The molecule has 0 atom stereocenters. The van der Waals surface area contributed by atoms with E-state index in [0.717, 1.165) is 27.6 Å². The smallest absolute Gasteiger partial charge is 0.248 e. The van der Waals surface area contributed by atoms with Gasteiger partial charge in [0.25, 0.3) is 0 Å². The van der Waals surface area contributed by atoms with E-state index in [9.17, 15) is 4.79 Å². The van der Waals surface area contributed by atoms with Crippen LogP contribution in [0, 0.1) is 11.3 Å². The molecule has 1 amide bonds. The van der Waals surface area contributed by atoms with Gasteiger partial charge in [0, 0.05) is 11.1 Å². The van der Waals surface area contributed by atoms with Crippen molar-refractivity contribution in [1.29, 1.82) is 5.26 Å². The number of carbonyl (C=O) groups is 1. The number of nitrogens with zero attached hydrogens (tertiary/aromatic N) is 1. The molecule has 0 unspecified atom stereocenters. The summed E-state index contributed by atoms with van der Waals surface area (Å²) in [6, 6.07) is 18.5. The van der Waals surface area contributed by atoms with Gasteiger partial charge in [0.05, 0.1) is 7.11 Å². The van der Waals surface area contributed by atoms with Crippen LogP contribution in [0.1, 0.15) is 10.4 Å². The van der Waals surface area contributed by atoms with E-state index in [0.29, 0.717) is 11.3 Å². The summed E-state index contributed by atoms with van der Waals surface area (Å²) < 4.78 is 10.8. The molecule has 25 heavy (non-hydrogen) atoms. The van der Waals surface area contributed by atoms with Gasteiger partial charge in [-0.1, -0.05) is 24.3 Å². The third-order valence-electron chi connectivity index (χ3n) is 3.94. The second-order valence-corrected chi connectivity index (χ2v) is 5.41. The van der Waals surface area contributed by atoms with Gasteiger partial charge in [-0.2, -0.15) is 5.26 Å². The normalized spacial score (nSPS) is 10.2. The summed E-state index contributed by atoms with van der Waals surface area (Å²) in [6.45, 7) is -0.0476. The third kappa shape index (κ3) is 3.24. The molecule has 5 heteroatoms. The number of methoxy groups -OCH3 is 1. The lowest BCUT2D eigenvalue weighted by atomic mass is 9.95. The number of ether oxygens (including phenoxy) is 2. The van der Waals surface area contributed by atoms with E-state index in [1.54, 1.807) is 25.3 Å². The minimum absolute atomic E-state index is 0.0476. The zero-order valence-electron chi connectivity index (χ0n) is 13.7. The van der Waals surface area contributed by atoms with Crippen molar-refractivity contribution in [2.24, 2.45) is 5.73 Å². The van der Waals surface area contributed by atoms with Gasteiger partial charge in [-0.3, -0.25) is 4.79 Å². The van der Waals surface area contributed by atoms with Crippen molar-refractivity contribution in [3.63, 3.8) is 0 Å². The molecule has 3 aromatic carbocycles. The first-order valence-electron chi connectivity index (χ1n) is 7.65. The lowest BCUT2D eigenvalue weighted by Gasteiger charge is -2.14. The molecule has 0 radical (unpaired) electrons. The van der Waals surface area contributed by atoms with E-state index in [4.69, 9.17) is 20.5 Å². The second kappa shape index (κ2) is 6.93. The zero-order valence-corrected chi connectivity index (χ0v) is 13.7. The number of hydrogen-bond acceptors (Lipinski definition) is 4. The Balaban J connectivity index is 2.22. The number of rotatable bonds is 5. The average Bonchev–Trinajstić information content (AvgIpc) is 2.65. The van der Waals surface area contributed by atoms with E-state index in [-0.39, 0.29) is 6.61 Å². The molecule has 0 spiro atoms. The molecule has 2 N–H and O–H groups in total. The van der Waals surface area contributed by atoms with Gasteiger partial charge in [-0.25, -0.2) is 0 Å². The van der Waals surface area contributed by atoms with E-state index in [2.05, 4.69) is 0 Å². The van der Waals surface area contributed by atoms with Crippen LogP contribution in [0.4, 0.5) is 0 Å². The molecule has 0 aromatic heterocycles. The van der Waals surface area contributed by atoms with Crippen LogP contribution < -0.4 is 15.2 Å². The predicted octanol–water partition coefficient (Wildman–Crippen LogP) is 3.52. The quantitative estimate of drug-likeness (QED) is 0.774. The summed E-state index contributed by atoms with van der Waals surface area (Å²) in [4.78, 5) is 11.4. The molecular formula is C20H16N2O3. The highest BCUT2D eigenvalue weighted by atomic mass is 16.5. The van der Waals surface area contributed by atoms with Gasteiger partial charge >= 0.3 is 0 Å². The zero-order chi connectivity index (χ0) is 17.8. The molecule has 0 saturated carbocycles. The fourth-order valence-corrected chi connectivity index (χ4v) is 2.75. The largest absolute Gasteiger partial charge is 0.497 e. The maximum atomic E-state index is 11.4. The molecule has 0 saturated heterocycles. The number of hydrogen-bond donors (Lipinski definition) is 1. The van der Waals surface area contributed by atoms with Crippen molar-refractivity contribution in [2.75, 3.05) is 13.7 Å². The Labute approximate surface area is 145 Å². The Bertz CT molecular complexity index is 973. The second-order valence-electron chi connectivity index (χ2n) is 5.41. The van der Waals surface area contributed by atoms with Crippen molar-refractivity contribution in [2.45, 2.75) is 0 Å². The number of nitrogens with two attached hydrogens (primary N) is 1. The third-order valence-corrected chi connectivity index (χ3v) is 3.94. The topological polar surface area (TPSA) is 85.3 Å². The van der Waals surface area contributed by atoms with Crippen LogP contribution in [0.5, 0.6) is 11.5 Å². The number of primary amides is 1. The molecule has 3 aromatic rings. The lowest BCUT2D eigenvalue weighted by Crippen LogP contribution is -2.10. The number of carbonyl (C=O) groups excluding carboxylic acids is 1. The molecule has 0 aliphatic rings. The maximum Gasteiger partial charge on any atom is 0.248 e. The van der Waals surface area contributed by atoms with Crippen LogP contribution in [-0.2, 0) is 0 Å². The number of nitriles is 1. The van der Waals surface area contributed by atoms with Gasteiger partial charge in [0.1, 0.15) is 17.6 Å². The summed E-state index contributed by atoms with van der Waals surface area (Å²) in [7, 11) is 1.61.